The minimum atomic E-state index is 0.254. The zero-order valence-corrected chi connectivity index (χ0v) is 12.2. The van der Waals surface area contributed by atoms with Gasteiger partial charge in [0.05, 0.1) is 17.4 Å². The van der Waals surface area contributed by atoms with E-state index in [0.29, 0.717) is 5.92 Å². The van der Waals surface area contributed by atoms with Crippen molar-refractivity contribution in [3.63, 3.8) is 0 Å². The first-order chi connectivity index (χ1) is 10.3. The van der Waals surface area contributed by atoms with Gasteiger partial charge in [-0.25, -0.2) is 0 Å². The highest BCUT2D eigenvalue weighted by molar-refractivity contribution is 5.07. The summed E-state index contributed by atoms with van der Waals surface area (Å²) in [5.74, 6) is 2.19. The van der Waals surface area contributed by atoms with E-state index in [0.717, 1.165) is 49.0 Å². The molecule has 6 heteroatoms. The van der Waals surface area contributed by atoms with Gasteiger partial charge in [0.25, 0.3) is 0 Å². The van der Waals surface area contributed by atoms with Gasteiger partial charge in [-0.05, 0) is 39.2 Å². The van der Waals surface area contributed by atoms with Gasteiger partial charge in [0, 0.05) is 24.9 Å². The first-order valence-corrected chi connectivity index (χ1v) is 7.64. The Hall–Kier alpha value is -1.82. The van der Waals surface area contributed by atoms with Crippen molar-refractivity contribution >= 4 is 0 Å². The van der Waals surface area contributed by atoms with Crippen LogP contribution in [-0.4, -0.2) is 31.6 Å². The maximum absolute atomic E-state index is 5.40. The van der Waals surface area contributed by atoms with Crippen molar-refractivity contribution in [1.82, 2.24) is 25.0 Å². The van der Waals surface area contributed by atoms with Gasteiger partial charge in [0.15, 0.2) is 5.82 Å². The van der Waals surface area contributed by atoms with E-state index in [-0.39, 0.29) is 6.04 Å². The van der Waals surface area contributed by atoms with Crippen molar-refractivity contribution in [2.45, 2.75) is 51.1 Å². The van der Waals surface area contributed by atoms with E-state index in [1.165, 1.54) is 12.8 Å². The molecule has 2 fully saturated rings. The zero-order chi connectivity index (χ0) is 14.2. The number of rotatable bonds is 4. The second-order valence-electron chi connectivity index (χ2n) is 6.04. The van der Waals surface area contributed by atoms with Crippen molar-refractivity contribution in [1.29, 1.82) is 0 Å². The molecular weight excluding hydrogens is 266 g/mol. The fourth-order valence-corrected chi connectivity index (χ4v) is 2.90. The summed E-state index contributed by atoms with van der Waals surface area (Å²) in [6.45, 7) is 3.80. The van der Waals surface area contributed by atoms with Crippen molar-refractivity contribution in [3.05, 3.63) is 35.5 Å². The van der Waals surface area contributed by atoms with Crippen molar-refractivity contribution in [3.8, 4) is 0 Å². The summed E-state index contributed by atoms with van der Waals surface area (Å²) < 4.78 is 5.40. The van der Waals surface area contributed by atoms with Crippen LogP contribution in [0, 0.1) is 6.92 Å². The van der Waals surface area contributed by atoms with Crippen LogP contribution >= 0.6 is 0 Å². The second-order valence-corrected chi connectivity index (χ2v) is 6.04. The van der Waals surface area contributed by atoms with E-state index in [4.69, 9.17) is 4.52 Å². The van der Waals surface area contributed by atoms with Gasteiger partial charge in [0.1, 0.15) is 0 Å². The van der Waals surface area contributed by atoms with Crippen LogP contribution in [-0.2, 0) is 6.54 Å². The van der Waals surface area contributed by atoms with Crippen molar-refractivity contribution in [2.24, 2.45) is 0 Å². The molecule has 0 aromatic carbocycles. The van der Waals surface area contributed by atoms with Crippen LogP contribution in [0.5, 0.6) is 0 Å². The van der Waals surface area contributed by atoms with E-state index in [9.17, 15) is 0 Å². The van der Waals surface area contributed by atoms with Crippen LogP contribution < -0.4 is 0 Å². The largest absolute Gasteiger partial charge is 0.339 e. The van der Waals surface area contributed by atoms with Gasteiger partial charge in [-0.3, -0.25) is 14.9 Å². The lowest BCUT2D eigenvalue weighted by Crippen LogP contribution is -2.24. The van der Waals surface area contributed by atoms with Crippen LogP contribution in [0.3, 0.4) is 0 Å². The Labute approximate surface area is 123 Å². The average Bonchev–Trinajstić information content (AvgIpc) is 3.05. The topological polar surface area (TPSA) is 67.9 Å². The van der Waals surface area contributed by atoms with Gasteiger partial charge < -0.3 is 4.52 Å². The molecular formula is C15H19N5O. The average molecular weight is 285 g/mol. The molecule has 1 atom stereocenters. The van der Waals surface area contributed by atoms with Crippen LogP contribution in [0.4, 0.5) is 0 Å². The van der Waals surface area contributed by atoms with E-state index in [2.05, 4.69) is 25.0 Å². The summed E-state index contributed by atoms with van der Waals surface area (Å²) in [5, 5.41) is 4.20. The van der Waals surface area contributed by atoms with E-state index < -0.39 is 0 Å². The first kappa shape index (κ1) is 12.9. The summed E-state index contributed by atoms with van der Waals surface area (Å²) in [6, 6.07) is 0.254. The molecule has 4 rings (SSSR count). The molecule has 3 heterocycles. The van der Waals surface area contributed by atoms with Crippen LogP contribution in [0.25, 0.3) is 0 Å². The van der Waals surface area contributed by atoms with E-state index in [1.54, 1.807) is 0 Å². The summed E-state index contributed by atoms with van der Waals surface area (Å²) in [7, 11) is 0. The fourth-order valence-electron chi connectivity index (χ4n) is 2.90. The predicted octanol–water partition coefficient (Wildman–Crippen LogP) is 2.38. The van der Waals surface area contributed by atoms with Gasteiger partial charge in [-0.15, -0.1) is 0 Å². The lowest BCUT2D eigenvalue weighted by molar-refractivity contribution is 0.231. The molecule has 2 aromatic rings. The van der Waals surface area contributed by atoms with Crippen molar-refractivity contribution < 1.29 is 4.52 Å². The molecule has 0 spiro atoms. The third-order valence-corrected chi connectivity index (χ3v) is 4.25. The molecule has 0 radical (unpaired) electrons. The normalized spacial score (nSPS) is 22.8. The third kappa shape index (κ3) is 2.68. The Bertz CT molecular complexity index is 619. The number of likely N-dealkylation sites (tertiary alicyclic amines) is 1. The molecule has 1 saturated heterocycles. The fraction of sp³-hybridized carbons (Fsp3) is 0.600. The van der Waals surface area contributed by atoms with Gasteiger partial charge in [-0.2, -0.15) is 4.98 Å². The molecule has 0 bridgehead atoms. The van der Waals surface area contributed by atoms with Gasteiger partial charge in [0.2, 0.25) is 5.89 Å². The van der Waals surface area contributed by atoms with E-state index in [1.807, 2.05) is 19.3 Å². The lowest BCUT2D eigenvalue weighted by atomic mass is 10.2. The zero-order valence-electron chi connectivity index (χ0n) is 12.2. The molecule has 1 aliphatic carbocycles. The standard InChI is InChI=1S/C15H19N5O/c1-10-7-17-12(8-16-10)9-20-6-2-3-13(20)14-18-15(21-19-14)11-4-5-11/h7-8,11,13H,2-6,9H2,1H3/t13-/m0/s1. The minimum absolute atomic E-state index is 0.254. The molecule has 1 aliphatic heterocycles. The minimum Gasteiger partial charge on any atom is -0.339 e. The summed E-state index contributed by atoms with van der Waals surface area (Å²) >= 11 is 0. The van der Waals surface area contributed by atoms with Gasteiger partial charge >= 0.3 is 0 Å². The molecule has 2 aromatic heterocycles. The number of hydrogen-bond acceptors (Lipinski definition) is 6. The molecule has 0 unspecified atom stereocenters. The second kappa shape index (κ2) is 5.18. The Morgan fingerprint density at radius 2 is 2.14 bits per heavy atom. The smallest absolute Gasteiger partial charge is 0.229 e. The van der Waals surface area contributed by atoms with Crippen molar-refractivity contribution in [2.75, 3.05) is 6.54 Å². The number of aromatic nitrogens is 4. The Kier molecular flexibility index (Phi) is 3.18. The quantitative estimate of drug-likeness (QED) is 0.859. The molecule has 110 valence electrons. The molecule has 2 aliphatic rings. The molecule has 0 N–H and O–H groups in total. The summed E-state index contributed by atoms with van der Waals surface area (Å²) in [5.41, 5.74) is 1.95. The molecule has 1 saturated carbocycles. The SMILES string of the molecule is Cc1cnc(CN2CCC[C@H]2c2noc(C3CC3)n2)cn1. The highest BCUT2D eigenvalue weighted by atomic mass is 16.5. The number of aryl methyl sites for hydroxylation is 1. The molecule has 6 nitrogen and oxygen atoms in total. The first-order valence-electron chi connectivity index (χ1n) is 7.64. The molecule has 21 heavy (non-hydrogen) atoms. The van der Waals surface area contributed by atoms with Crippen LogP contribution in [0.1, 0.15) is 60.7 Å². The van der Waals surface area contributed by atoms with Crippen LogP contribution in [0.2, 0.25) is 0 Å². The maximum atomic E-state index is 5.40. The summed E-state index contributed by atoms with van der Waals surface area (Å²) in [6.07, 6.45) is 8.31. The predicted molar refractivity (Wildman–Crippen MR) is 75.4 cm³/mol. The molecule has 0 amide bonds. The number of nitrogens with zero attached hydrogens (tertiary/aromatic N) is 5. The monoisotopic (exact) mass is 285 g/mol. The van der Waals surface area contributed by atoms with Gasteiger partial charge in [-0.1, -0.05) is 5.16 Å². The Morgan fingerprint density at radius 3 is 2.90 bits per heavy atom. The third-order valence-electron chi connectivity index (χ3n) is 4.25. The Balaban J connectivity index is 1.49. The lowest BCUT2D eigenvalue weighted by Gasteiger charge is -2.21. The van der Waals surface area contributed by atoms with E-state index >= 15 is 0 Å². The maximum Gasteiger partial charge on any atom is 0.229 e. The summed E-state index contributed by atoms with van der Waals surface area (Å²) in [4.78, 5) is 15.7. The van der Waals surface area contributed by atoms with Crippen LogP contribution in [0.15, 0.2) is 16.9 Å². The number of hydrogen-bond donors (Lipinski definition) is 0. The highest BCUT2D eigenvalue weighted by Gasteiger charge is 2.34. The Morgan fingerprint density at radius 1 is 1.24 bits per heavy atom. The highest BCUT2D eigenvalue weighted by Crippen LogP contribution is 2.40.